The van der Waals surface area contributed by atoms with Crippen LogP contribution in [0.2, 0.25) is 0 Å². The van der Waals surface area contributed by atoms with Crippen molar-refractivity contribution in [3.63, 3.8) is 0 Å². The lowest BCUT2D eigenvalue weighted by Crippen LogP contribution is -1.96. The Bertz CT molecular complexity index is 184. The van der Waals surface area contributed by atoms with E-state index >= 15 is 0 Å². The fraction of sp³-hybridized carbons (Fsp3) is 1.00. The first kappa shape index (κ1) is 8.41. The Labute approximate surface area is 67.4 Å². The van der Waals surface area contributed by atoms with Crippen molar-refractivity contribution in [2.45, 2.75) is 33.1 Å². The molecule has 1 saturated carbocycles. The van der Waals surface area contributed by atoms with Crippen molar-refractivity contribution in [2.24, 2.45) is 16.4 Å². The predicted octanol–water partition coefficient (Wildman–Crippen LogP) is 3.12. The minimum Gasteiger partial charge on any atom is -0.0940 e. The van der Waals surface area contributed by atoms with Gasteiger partial charge in [-0.1, -0.05) is 25.4 Å². The smallest absolute Gasteiger partial charge is 0.0260 e. The lowest BCUT2D eigenvalue weighted by Gasteiger charge is -2.04. The summed E-state index contributed by atoms with van der Waals surface area (Å²) in [6.07, 6.45) is 3.66. The first-order valence-electron chi connectivity index (χ1n) is 4.24. The summed E-state index contributed by atoms with van der Waals surface area (Å²) in [4.78, 5) is 2.73. The van der Waals surface area contributed by atoms with Gasteiger partial charge in [0.05, 0.1) is 0 Å². The van der Waals surface area contributed by atoms with Crippen LogP contribution >= 0.6 is 0 Å². The Kier molecular flexibility index (Phi) is 2.40. The molecule has 0 saturated heterocycles. The normalized spacial score (nSPS) is 34.5. The summed E-state index contributed by atoms with van der Waals surface area (Å²) in [6.45, 7) is 5.22. The number of nitrogens with zero attached hydrogens (tertiary/aromatic N) is 3. The molecule has 0 spiro atoms. The fourth-order valence-electron chi connectivity index (χ4n) is 1.65. The molecule has 1 aliphatic carbocycles. The van der Waals surface area contributed by atoms with Crippen molar-refractivity contribution in [3.8, 4) is 0 Å². The molecule has 0 unspecified atom stereocenters. The van der Waals surface area contributed by atoms with Crippen molar-refractivity contribution in [1.82, 2.24) is 0 Å². The average molecular weight is 153 g/mol. The van der Waals surface area contributed by atoms with E-state index in [9.17, 15) is 0 Å². The van der Waals surface area contributed by atoms with E-state index in [1.54, 1.807) is 0 Å². The van der Waals surface area contributed by atoms with Gasteiger partial charge in [-0.15, -0.1) is 0 Å². The highest BCUT2D eigenvalue weighted by Gasteiger charge is 2.46. The molecule has 0 aromatic carbocycles. The van der Waals surface area contributed by atoms with Crippen LogP contribution in [0.5, 0.6) is 0 Å². The van der Waals surface area contributed by atoms with E-state index in [2.05, 4.69) is 23.9 Å². The molecule has 0 heterocycles. The van der Waals surface area contributed by atoms with Gasteiger partial charge in [-0.2, -0.15) is 0 Å². The standard InChI is InChI=1S/C8H15N3/c1-3-8(2)6-7(8)4-5-10-11-9/h7H,3-6H2,1-2H3/t7-,8+/m1/s1. The molecule has 3 nitrogen and oxygen atoms in total. The van der Waals surface area contributed by atoms with Crippen LogP contribution in [0.4, 0.5) is 0 Å². The minimum atomic E-state index is 0.574. The first-order valence-corrected chi connectivity index (χ1v) is 4.24. The zero-order valence-electron chi connectivity index (χ0n) is 7.25. The van der Waals surface area contributed by atoms with E-state index in [1.165, 1.54) is 12.8 Å². The molecule has 1 fully saturated rings. The third kappa shape index (κ3) is 1.87. The van der Waals surface area contributed by atoms with E-state index in [-0.39, 0.29) is 0 Å². The van der Waals surface area contributed by atoms with Crippen LogP contribution in [0.1, 0.15) is 33.1 Å². The number of rotatable bonds is 4. The van der Waals surface area contributed by atoms with Gasteiger partial charge in [-0.3, -0.25) is 0 Å². The number of hydrogen-bond acceptors (Lipinski definition) is 1. The fourth-order valence-corrected chi connectivity index (χ4v) is 1.65. The largest absolute Gasteiger partial charge is 0.0940 e. The lowest BCUT2D eigenvalue weighted by molar-refractivity contribution is 0.471. The number of hydrogen-bond donors (Lipinski definition) is 0. The molecule has 0 N–H and O–H groups in total. The van der Waals surface area contributed by atoms with Crippen molar-refractivity contribution in [2.75, 3.05) is 6.54 Å². The van der Waals surface area contributed by atoms with Gasteiger partial charge in [0.25, 0.3) is 0 Å². The van der Waals surface area contributed by atoms with E-state index < -0.39 is 0 Å². The van der Waals surface area contributed by atoms with Gasteiger partial charge in [0.2, 0.25) is 0 Å². The maximum absolute atomic E-state index is 8.05. The maximum atomic E-state index is 8.05. The molecule has 0 amide bonds. The molecule has 3 heteroatoms. The zero-order chi connectivity index (χ0) is 8.32. The molecular weight excluding hydrogens is 138 g/mol. The second-order valence-corrected chi connectivity index (χ2v) is 3.65. The summed E-state index contributed by atoms with van der Waals surface area (Å²) in [5.41, 5.74) is 8.62. The van der Waals surface area contributed by atoms with E-state index in [4.69, 9.17) is 5.53 Å². The molecule has 1 rings (SSSR count). The van der Waals surface area contributed by atoms with Crippen LogP contribution in [-0.4, -0.2) is 6.54 Å². The molecule has 1 aliphatic rings. The quantitative estimate of drug-likeness (QED) is 0.338. The van der Waals surface area contributed by atoms with Gasteiger partial charge >= 0.3 is 0 Å². The van der Waals surface area contributed by atoms with Crippen LogP contribution < -0.4 is 0 Å². The molecule has 0 aromatic heterocycles. The molecule has 0 aliphatic heterocycles. The van der Waals surface area contributed by atoms with Gasteiger partial charge in [0.15, 0.2) is 0 Å². The van der Waals surface area contributed by atoms with Crippen molar-refractivity contribution < 1.29 is 0 Å². The minimum absolute atomic E-state index is 0.574. The maximum Gasteiger partial charge on any atom is 0.0260 e. The van der Waals surface area contributed by atoms with Gasteiger partial charge < -0.3 is 0 Å². The Morgan fingerprint density at radius 3 is 2.91 bits per heavy atom. The molecule has 62 valence electrons. The van der Waals surface area contributed by atoms with E-state index in [0.717, 1.165) is 12.3 Å². The third-order valence-corrected chi connectivity index (χ3v) is 2.99. The Balaban J connectivity index is 2.17. The van der Waals surface area contributed by atoms with Crippen LogP contribution in [-0.2, 0) is 0 Å². The van der Waals surface area contributed by atoms with E-state index in [0.29, 0.717) is 12.0 Å². The highest BCUT2D eigenvalue weighted by molar-refractivity contribution is 4.97. The predicted molar refractivity (Wildman–Crippen MR) is 45.1 cm³/mol. The summed E-state index contributed by atoms with van der Waals surface area (Å²) >= 11 is 0. The van der Waals surface area contributed by atoms with Crippen molar-refractivity contribution in [3.05, 3.63) is 10.4 Å². The SMILES string of the molecule is CC[C@@]1(C)C[C@H]1CCN=[N+]=[N-]. The van der Waals surface area contributed by atoms with Gasteiger partial charge in [0.1, 0.15) is 0 Å². The van der Waals surface area contributed by atoms with Crippen LogP contribution in [0, 0.1) is 11.3 Å². The van der Waals surface area contributed by atoms with Gasteiger partial charge in [0, 0.05) is 11.5 Å². The molecule has 2 atom stereocenters. The Morgan fingerprint density at radius 1 is 1.73 bits per heavy atom. The topological polar surface area (TPSA) is 48.8 Å². The Morgan fingerprint density at radius 2 is 2.45 bits per heavy atom. The molecule has 11 heavy (non-hydrogen) atoms. The van der Waals surface area contributed by atoms with E-state index in [1.807, 2.05) is 0 Å². The monoisotopic (exact) mass is 153 g/mol. The summed E-state index contributed by atoms with van der Waals surface area (Å²) in [7, 11) is 0. The second-order valence-electron chi connectivity index (χ2n) is 3.65. The van der Waals surface area contributed by atoms with Gasteiger partial charge in [-0.25, -0.2) is 0 Å². The second kappa shape index (κ2) is 3.14. The Hall–Kier alpha value is -0.690. The van der Waals surface area contributed by atoms with Crippen LogP contribution in [0.3, 0.4) is 0 Å². The average Bonchev–Trinajstić information content (AvgIpc) is 2.64. The van der Waals surface area contributed by atoms with Crippen molar-refractivity contribution in [1.29, 1.82) is 0 Å². The zero-order valence-corrected chi connectivity index (χ0v) is 7.25. The lowest BCUT2D eigenvalue weighted by atomic mass is 10.0. The number of azide groups is 1. The molecular formula is C8H15N3. The van der Waals surface area contributed by atoms with Crippen LogP contribution in [0.15, 0.2) is 5.11 Å². The summed E-state index contributed by atoms with van der Waals surface area (Å²) in [6, 6.07) is 0. The molecule has 0 bridgehead atoms. The first-order chi connectivity index (χ1) is 5.23. The molecule has 0 aromatic rings. The third-order valence-electron chi connectivity index (χ3n) is 2.99. The van der Waals surface area contributed by atoms with Crippen molar-refractivity contribution >= 4 is 0 Å². The van der Waals surface area contributed by atoms with Gasteiger partial charge in [-0.05, 0) is 29.7 Å². The highest BCUT2D eigenvalue weighted by Crippen LogP contribution is 2.56. The van der Waals surface area contributed by atoms with Crippen LogP contribution in [0.25, 0.3) is 10.4 Å². The summed E-state index contributed by atoms with van der Waals surface area (Å²) in [5, 5.41) is 3.53. The summed E-state index contributed by atoms with van der Waals surface area (Å²) in [5.74, 6) is 0.818. The summed E-state index contributed by atoms with van der Waals surface area (Å²) < 4.78 is 0. The molecule has 0 radical (unpaired) electrons. The highest BCUT2D eigenvalue weighted by atomic mass is 15.1.